The van der Waals surface area contributed by atoms with Crippen LogP contribution in [-0.4, -0.2) is 0 Å². The second-order valence-corrected chi connectivity index (χ2v) is 8.55. The normalized spacial score (nSPS) is 19.9. The molecule has 1 nitrogen and oxygen atoms in total. The van der Waals surface area contributed by atoms with Gasteiger partial charge in [0.05, 0.1) is 0 Å². The van der Waals surface area contributed by atoms with Crippen LogP contribution in [0.15, 0.2) is 48.5 Å². The van der Waals surface area contributed by atoms with Crippen molar-refractivity contribution in [3.05, 3.63) is 65.2 Å². The highest BCUT2D eigenvalue weighted by atomic mass is 14.5. The van der Waals surface area contributed by atoms with Gasteiger partial charge in [-0.2, -0.15) is 0 Å². The van der Waals surface area contributed by atoms with Crippen molar-refractivity contribution in [1.29, 1.82) is 0 Å². The lowest BCUT2D eigenvalue weighted by atomic mass is 9.77. The first kappa shape index (κ1) is 20.0. The van der Waals surface area contributed by atoms with Gasteiger partial charge in [-0.15, -0.1) is 0 Å². The Balaban J connectivity index is 1.42. The fourth-order valence-corrected chi connectivity index (χ4v) is 4.57. The molecule has 2 N–H and O–H groups in total. The molecule has 0 atom stereocenters. The third kappa shape index (κ3) is 6.41. The van der Waals surface area contributed by atoms with Gasteiger partial charge in [0.1, 0.15) is 0 Å². The predicted octanol–water partition coefficient (Wildman–Crippen LogP) is 7.30. The molecule has 27 heavy (non-hydrogen) atoms. The first-order valence-electron chi connectivity index (χ1n) is 11.2. The van der Waals surface area contributed by atoms with Gasteiger partial charge in [-0.1, -0.05) is 75.4 Å². The van der Waals surface area contributed by atoms with Crippen LogP contribution in [0.3, 0.4) is 0 Å². The number of unbranched alkanes of at least 4 members (excludes halogenated alkanes) is 3. The number of nitrogen functional groups attached to an aromatic ring is 1. The maximum Gasteiger partial charge on any atom is 0.0314 e. The number of nitrogens with two attached hydrogens (primary N) is 1. The summed E-state index contributed by atoms with van der Waals surface area (Å²) in [5, 5.41) is 0. The highest BCUT2D eigenvalue weighted by Crippen LogP contribution is 2.37. The molecule has 2 aromatic carbocycles. The van der Waals surface area contributed by atoms with Crippen LogP contribution < -0.4 is 5.73 Å². The standard InChI is InChI=1S/C26H37N/c1-2-3-4-5-6-21-9-15-24(16-10-21)25-17-11-22(12-18-25)7-8-23-13-19-26(27)20-14-23/h11-14,17-21,24H,2-10,15-16,27H2,1H3/t21-,24-. The third-order valence-corrected chi connectivity index (χ3v) is 6.45. The molecule has 0 unspecified atom stereocenters. The molecule has 2 aromatic rings. The molecule has 1 aliphatic carbocycles. The molecule has 0 saturated heterocycles. The SMILES string of the molecule is CCCCCC[C@H]1CC[C@H](c2ccc(CCc3ccc(N)cc3)cc2)CC1. The summed E-state index contributed by atoms with van der Waals surface area (Å²) in [6, 6.07) is 17.8. The first-order valence-corrected chi connectivity index (χ1v) is 11.2. The van der Waals surface area contributed by atoms with Crippen molar-refractivity contribution in [3.63, 3.8) is 0 Å². The Morgan fingerprint density at radius 1 is 0.741 bits per heavy atom. The van der Waals surface area contributed by atoms with Crippen molar-refractivity contribution in [1.82, 2.24) is 0 Å². The van der Waals surface area contributed by atoms with E-state index in [1.807, 2.05) is 12.1 Å². The second-order valence-electron chi connectivity index (χ2n) is 8.55. The third-order valence-electron chi connectivity index (χ3n) is 6.45. The van der Waals surface area contributed by atoms with Crippen LogP contribution in [0.5, 0.6) is 0 Å². The zero-order valence-electron chi connectivity index (χ0n) is 17.1. The van der Waals surface area contributed by atoms with E-state index in [4.69, 9.17) is 5.73 Å². The Morgan fingerprint density at radius 2 is 1.33 bits per heavy atom. The lowest BCUT2D eigenvalue weighted by Gasteiger charge is -2.29. The van der Waals surface area contributed by atoms with Crippen LogP contribution in [0, 0.1) is 5.92 Å². The summed E-state index contributed by atoms with van der Waals surface area (Å²) in [5.74, 6) is 1.79. The summed E-state index contributed by atoms with van der Waals surface area (Å²) in [6.07, 6.45) is 15.0. The van der Waals surface area contributed by atoms with Crippen molar-refractivity contribution in [2.75, 3.05) is 5.73 Å². The molecule has 0 spiro atoms. The van der Waals surface area contributed by atoms with Gasteiger partial charge in [0, 0.05) is 5.69 Å². The lowest BCUT2D eigenvalue weighted by molar-refractivity contribution is 0.302. The van der Waals surface area contributed by atoms with Crippen molar-refractivity contribution < 1.29 is 0 Å². The molecular formula is C26H37N. The van der Waals surface area contributed by atoms with Crippen molar-refractivity contribution >= 4 is 5.69 Å². The summed E-state index contributed by atoms with van der Waals surface area (Å²) in [4.78, 5) is 0. The van der Waals surface area contributed by atoms with Gasteiger partial charge in [0.25, 0.3) is 0 Å². The summed E-state index contributed by atoms with van der Waals surface area (Å²) in [6.45, 7) is 2.30. The molecule has 1 fully saturated rings. The molecule has 0 aromatic heterocycles. The summed E-state index contributed by atoms with van der Waals surface area (Å²) < 4.78 is 0. The fourth-order valence-electron chi connectivity index (χ4n) is 4.57. The van der Waals surface area contributed by atoms with E-state index in [0.29, 0.717) is 0 Å². The van der Waals surface area contributed by atoms with Gasteiger partial charge in [-0.05, 0) is 79.2 Å². The molecule has 1 heteroatoms. The Bertz CT molecular complexity index is 648. The fraction of sp³-hybridized carbons (Fsp3) is 0.538. The van der Waals surface area contributed by atoms with E-state index in [1.54, 1.807) is 5.56 Å². The minimum atomic E-state index is 0.794. The molecular weight excluding hydrogens is 326 g/mol. The van der Waals surface area contributed by atoms with Gasteiger partial charge >= 0.3 is 0 Å². The van der Waals surface area contributed by atoms with Gasteiger partial charge < -0.3 is 5.73 Å². The Hall–Kier alpha value is -1.76. The topological polar surface area (TPSA) is 26.0 Å². The maximum absolute atomic E-state index is 5.77. The molecule has 1 aliphatic rings. The zero-order valence-corrected chi connectivity index (χ0v) is 17.1. The highest BCUT2D eigenvalue weighted by molar-refractivity contribution is 5.39. The minimum absolute atomic E-state index is 0.794. The van der Waals surface area contributed by atoms with E-state index < -0.39 is 0 Å². The largest absolute Gasteiger partial charge is 0.399 e. The smallest absolute Gasteiger partial charge is 0.0314 e. The van der Waals surface area contributed by atoms with E-state index in [1.165, 1.54) is 68.9 Å². The molecule has 146 valence electrons. The summed E-state index contributed by atoms with van der Waals surface area (Å²) in [5.41, 5.74) is 11.0. The van der Waals surface area contributed by atoms with Crippen molar-refractivity contribution in [2.24, 2.45) is 5.92 Å². The van der Waals surface area contributed by atoms with Crippen LogP contribution in [0.1, 0.15) is 87.3 Å². The number of anilines is 1. The monoisotopic (exact) mass is 363 g/mol. The molecule has 0 aliphatic heterocycles. The minimum Gasteiger partial charge on any atom is -0.399 e. The number of rotatable bonds is 9. The van der Waals surface area contributed by atoms with Gasteiger partial charge in [-0.25, -0.2) is 0 Å². The van der Waals surface area contributed by atoms with E-state index >= 15 is 0 Å². The van der Waals surface area contributed by atoms with Crippen LogP contribution in [-0.2, 0) is 12.8 Å². The van der Waals surface area contributed by atoms with Crippen LogP contribution in [0.25, 0.3) is 0 Å². The van der Waals surface area contributed by atoms with Crippen LogP contribution in [0.2, 0.25) is 0 Å². The van der Waals surface area contributed by atoms with Crippen molar-refractivity contribution in [3.8, 4) is 0 Å². The highest BCUT2D eigenvalue weighted by Gasteiger charge is 2.21. The number of hydrogen-bond donors (Lipinski definition) is 1. The summed E-state index contributed by atoms with van der Waals surface area (Å²) >= 11 is 0. The Labute approximate surface area is 166 Å². The van der Waals surface area contributed by atoms with Crippen molar-refractivity contribution in [2.45, 2.75) is 83.5 Å². The van der Waals surface area contributed by atoms with Crippen LogP contribution in [0.4, 0.5) is 5.69 Å². The van der Waals surface area contributed by atoms with Crippen LogP contribution >= 0.6 is 0 Å². The second kappa shape index (κ2) is 10.5. The van der Waals surface area contributed by atoms with Gasteiger partial charge in [0.15, 0.2) is 0 Å². The van der Waals surface area contributed by atoms with E-state index in [9.17, 15) is 0 Å². The number of aryl methyl sites for hydroxylation is 2. The van der Waals surface area contributed by atoms with E-state index in [-0.39, 0.29) is 0 Å². The Kier molecular flexibility index (Phi) is 7.80. The summed E-state index contributed by atoms with van der Waals surface area (Å²) in [7, 11) is 0. The first-order chi connectivity index (χ1) is 13.2. The van der Waals surface area contributed by atoms with Gasteiger partial charge in [0.2, 0.25) is 0 Å². The molecule has 1 saturated carbocycles. The average Bonchev–Trinajstić information content (AvgIpc) is 2.72. The molecule has 3 rings (SSSR count). The van der Waals surface area contributed by atoms with E-state index in [2.05, 4.69) is 43.3 Å². The quantitative estimate of drug-likeness (QED) is 0.367. The predicted molar refractivity (Wildman–Crippen MR) is 118 cm³/mol. The molecule has 0 bridgehead atoms. The number of benzene rings is 2. The average molecular weight is 364 g/mol. The molecule has 0 radical (unpaired) electrons. The lowest BCUT2D eigenvalue weighted by Crippen LogP contribution is -2.13. The molecule has 0 heterocycles. The maximum atomic E-state index is 5.77. The molecule has 0 amide bonds. The zero-order chi connectivity index (χ0) is 18.9. The Morgan fingerprint density at radius 3 is 1.93 bits per heavy atom. The van der Waals surface area contributed by atoms with Gasteiger partial charge in [-0.3, -0.25) is 0 Å². The van der Waals surface area contributed by atoms with E-state index in [0.717, 1.165) is 30.4 Å². The number of hydrogen-bond acceptors (Lipinski definition) is 1.